The van der Waals surface area contributed by atoms with Crippen molar-refractivity contribution >= 4 is 17.4 Å². The Kier molecular flexibility index (Phi) is 6.83. The quantitative estimate of drug-likeness (QED) is 0.739. The molecule has 1 atom stereocenters. The van der Waals surface area contributed by atoms with Crippen LogP contribution in [0.25, 0.3) is 0 Å². The van der Waals surface area contributed by atoms with Crippen LogP contribution in [0.3, 0.4) is 0 Å². The fourth-order valence-corrected chi connectivity index (χ4v) is 1.72. The lowest BCUT2D eigenvalue weighted by Crippen LogP contribution is -2.24. The predicted molar refractivity (Wildman–Crippen MR) is 74.6 cm³/mol. The molecule has 4 nitrogen and oxygen atoms in total. The van der Waals surface area contributed by atoms with Gasteiger partial charge in [-0.05, 0) is 32.4 Å². The maximum Gasteiger partial charge on any atom is 0.169 e. The van der Waals surface area contributed by atoms with Crippen LogP contribution in [0.2, 0.25) is 0 Å². The number of alkyl halides is 1. The molecule has 102 valence electrons. The second kappa shape index (κ2) is 8.16. The normalized spacial score (nSPS) is 12.5. The van der Waals surface area contributed by atoms with E-state index in [0.29, 0.717) is 12.5 Å². The topological polar surface area (TPSA) is 43.4 Å². The number of methoxy groups -OCH3 is 1. The molecule has 0 amide bonds. The van der Waals surface area contributed by atoms with Crippen molar-refractivity contribution in [2.75, 3.05) is 24.9 Å². The van der Waals surface area contributed by atoms with Crippen molar-refractivity contribution in [1.29, 1.82) is 0 Å². The van der Waals surface area contributed by atoms with Gasteiger partial charge >= 0.3 is 0 Å². The van der Waals surface area contributed by atoms with E-state index in [1.165, 1.54) is 0 Å². The molecule has 0 aliphatic rings. The molecule has 5 heteroatoms. The molecule has 0 spiro atoms. The summed E-state index contributed by atoms with van der Waals surface area (Å²) in [5.41, 5.74) is 0. The van der Waals surface area contributed by atoms with Gasteiger partial charge in [0.25, 0.3) is 0 Å². The third-order valence-corrected chi connectivity index (χ3v) is 2.70. The summed E-state index contributed by atoms with van der Waals surface area (Å²) >= 11 is 5.92. The van der Waals surface area contributed by atoms with E-state index in [2.05, 4.69) is 10.3 Å². The highest BCUT2D eigenvalue weighted by molar-refractivity contribution is 6.18. The highest BCUT2D eigenvalue weighted by Crippen LogP contribution is 2.23. The van der Waals surface area contributed by atoms with Crippen molar-refractivity contribution in [1.82, 2.24) is 4.98 Å². The lowest BCUT2D eigenvalue weighted by molar-refractivity contribution is 0.191. The molecular formula is C13H21ClN2O2. The van der Waals surface area contributed by atoms with Gasteiger partial charge in [-0.3, -0.25) is 0 Å². The van der Waals surface area contributed by atoms with E-state index in [1.54, 1.807) is 13.3 Å². The van der Waals surface area contributed by atoms with Crippen LogP contribution < -0.4 is 10.1 Å². The number of nitrogens with zero attached hydrogens (tertiary/aromatic N) is 1. The number of hydrogen-bond acceptors (Lipinski definition) is 4. The van der Waals surface area contributed by atoms with Gasteiger partial charge in [-0.25, -0.2) is 4.98 Å². The third kappa shape index (κ3) is 5.10. The summed E-state index contributed by atoms with van der Waals surface area (Å²) in [6.07, 6.45) is 2.68. The van der Waals surface area contributed by atoms with Crippen LogP contribution in [-0.2, 0) is 4.74 Å². The van der Waals surface area contributed by atoms with E-state index in [4.69, 9.17) is 21.1 Å². The van der Waals surface area contributed by atoms with Gasteiger partial charge in [0, 0.05) is 31.8 Å². The van der Waals surface area contributed by atoms with Crippen LogP contribution in [0.5, 0.6) is 5.75 Å². The number of ether oxygens (including phenoxy) is 2. The number of rotatable bonds is 8. The van der Waals surface area contributed by atoms with Crippen molar-refractivity contribution in [2.24, 2.45) is 0 Å². The molecule has 0 fully saturated rings. The first-order valence-corrected chi connectivity index (χ1v) is 6.64. The summed E-state index contributed by atoms with van der Waals surface area (Å²) < 4.78 is 10.8. The SMILES string of the molecule is COCCC(CCl)Nc1ncccc1OC(C)C. The van der Waals surface area contributed by atoms with Crippen LogP contribution in [0.4, 0.5) is 5.82 Å². The Morgan fingerprint density at radius 3 is 2.83 bits per heavy atom. The van der Waals surface area contributed by atoms with Crippen LogP contribution in [0.15, 0.2) is 18.3 Å². The maximum absolute atomic E-state index is 5.92. The summed E-state index contributed by atoms with van der Waals surface area (Å²) in [5.74, 6) is 1.98. The van der Waals surface area contributed by atoms with Crippen molar-refractivity contribution in [3.63, 3.8) is 0 Å². The number of anilines is 1. The zero-order chi connectivity index (χ0) is 13.4. The molecule has 0 saturated heterocycles. The number of aromatic nitrogens is 1. The van der Waals surface area contributed by atoms with Crippen molar-refractivity contribution in [2.45, 2.75) is 32.4 Å². The molecule has 1 heterocycles. The molecule has 0 aromatic carbocycles. The summed E-state index contributed by atoms with van der Waals surface area (Å²) in [6, 6.07) is 3.88. The first-order valence-electron chi connectivity index (χ1n) is 6.10. The highest BCUT2D eigenvalue weighted by Gasteiger charge is 2.12. The highest BCUT2D eigenvalue weighted by atomic mass is 35.5. The molecule has 0 aliphatic carbocycles. The first-order chi connectivity index (χ1) is 8.67. The first kappa shape index (κ1) is 15.1. The molecule has 18 heavy (non-hydrogen) atoms. The standard InChI is InChI=1S/C13H21ClN2O2/c1-10(2)18-12-5-4-7-15-13(12)16-11(9-14)6-8-17-3/h4-5,7,10-11H,6,8-9H2,1-3H3,(H,15,16). The van der Waals surface area contributed by atoms with Gasteiger partial charge in [0.15, 0.2) is 11.6 Å². The molecule has 1 aromatic rings. The molecule has 1 unspecified atom stereocenters. The molecular weight excluding hydrogens is 252 g/mol. The second-order valence-corrected chi connectivity index (χ2v) is 4.60. The zero-order valence-corrected chi connectivity index (χ0v) is 11.9. The smallest absolute Gasteiger partial charge is 0.169 e. The maximum atomic E-state index is 5.92. The molecule has 0 aliphatic heterocycles. The minimum Gasteiger partial charge on any atom is -0.487 e. The molecule has 0 bridgehead atoms. The van der Waals surface area contributed by atoms with Gasteiger partial charge in [0.05, 0.1) is 6.10 Å². The van der Waals surface area contributed by atoms with E-state index in [-0.39, 0.29) is 12.1 Å². The van der Waals surface area contributed by atoms with Crippen molar-refractivity contribution in [3.8, 4) is 5.75 Å². The lowest BCUT2D eigenvalue weighted by atomic mass is 10.2. The van der Waals surface area contributed by atoms with Gasteiger partial charge in [-0.1, -0.05) is 0 Å². The Labute approximate surface area is 114 Å². The summed E-state index contributed by atoms with van der Waals surface area (Å²) in [4.78, 5) is 4.29. The molecule has 0 saturated carbocycles. The average Bonchev–Trinajstić information content (AvgIpc) is 2.35. The Bertz CT molecular complexity index is 348. The summed E-state index contributed by atoms with van der Waals surface area (Å²) in [5, 5.41) is 3.29. The summed E-state index contributed by atoms with van der Waals surface area (Å²) in [7, 11) is 1.68. The molecule has 0 radical (unpaired) electrons. The zero-order valence-electron chi connectivity index (χ0n) is 11.1. The van der Waals surface area contributed by atoms with Gasteiger partial charge in [-0.15, -0.1) is 11.6 Å². The van der Waals surface area contributed by atoms with Crippen LogP contribution in [0, 0.1) is 0 Å². The lowest BCUT2D eigenvalue weighted by Gasteiger charge is -2.19. The number of halogens is 1. The van der Waals surface area contributed by atoms with Gasteiger partial charge in [0.2, 0.25) is 0 Å². The Balaban J connectivity index is 2.69. The molecule has 1 rings (SSSR count). The second-order valence-electron chi connectivity index (χ2n) is 4.29. The van der Waals surface area contributed by atoms with Gasteiger partial charge in [-0.2, -0.15) is 0 Å². The van der Waals surface area contributed by atoms with E-state index >= 15 is 0 Å². The van der Waals surface area contributed by atoms with E-state index in [9.17, 15) is 0 Å². The van der Waals surface area contributed by atoms with E-state index in [0.717, 1.165) is 18.0 Å². The summed E-state index contributed by atoms with van der Waals surface area (Å²) in [6.45, 7) is 4.64. The Morgan fingerprint density at radius 1 is 1.44 bits per heavy atom. The van der Waals surface area contributed by atoms with Crippen molar-refractivity contribution < 1.29 is 9.47 Å². The average molecular weight is 273 g/mol. The third-order valence-electron chi connectivity index (χ3n) is 2.33. The van der Waals surface area contributed by atoms with Crippen LogP contribution in [0.1, 0.15) is 20.3 Å². The Hall–Kier alpha value is -1.00. The minimum atomic E-state index is 0.114. The van der Waals surface area contributed by atoms with E-state index < -0.39 is 0 Å². The molecule has 1 N–H and O–H groups in total. The fraction of sp³-hybridized carbons (Fsp3) is 0.615. The number of nitrogens with one attached hydrogen (secondary N) is 1. The number of hydrogen-bond donors (Lipinski definition) is 1. The monoisotopic (exact) mass is 272 g/mol. The number of pyridine rings is 1. The fourth-order valence-electron chi connectivity index (χ4n) is 1.49. The molecule has 1 aromatic heterocycles. The van der Waals surface area contributed by atoms with Crippen LogP contribution in [-0.4, -0.2) is 36.7 Å². The minimum absolute atomic E-state index is 0.114. The van der Waals surface area contributed by atoms with Crippen LogP contribution >= 0.6 is 11.6 Å². The van der Waals surface area contributed by atoms with Gasteiger partial charge < -0.3 is 14.8 Å². The van der Waals surface area contributed by atoms with Crippen molar-refractivity contribution in [3.05, 3.63) is 18.3 Å². The Morgan fingerprint density at radius 2 is 2.22 bits per heavy atom. The predicted octanol–water partition coefficient (Wildman–Crippen LogP) is 2.92. The van der Waals surface area contributed by atoms with E-state index in [1.807, 2.05) is 26.0 Å². The largest absolute Gasteiger partial charge is 0.487 e. The van der Waals surface area contributed by atoms with Gasteiger partial charge in [0.1, 0.15) is 0 Å².